The Labute approximate surface area is 199 Å². The van der Waals surface area contributed by atoms with Crippen LogP contribution in [0.5, 0.6) is 0 Å². The van der Waals surface area contributed by atoms with Gasteiger partial charge in [-0.2, -0.15) is 10.2 Å². The highest BCUT2D eigenvalue weighted by molar-refractivity contribution is 5.94. The second-order valence-electron chi connectivity index (χ2n) is 8.20. The fourth-order valence-electron chi connectivity index (χ4n) is 3.17. The van der Waals surface area contributed by atoms with Gasteiger partial charge in [0.05, 0.1) is 48.9 Å². The van der Waals surface area contributed by atoms with Gasteiger partial charge in [0.25, 0.3) is 0 Å². The molecule has 0 saturated heterocycles. The fraction of sp³-hybridized carbons (Fsp3) is 0.583. The number of rotatable bonds is 8. The Morgan fingerprint density at radius 2 is 1.47 bits per heavy atom. The second kappa shape index (κ2) is 12.8. The highest BCUT2D eigenvalue weighted by Crippen LogP contribution is 2.36. The van der Waals surface area contributed by atoms with Crippen LogP contribution in [0, 0.1) is 13.8 Å². The van der Waals surface area contributed by atoms with Gasteiger partial charge in [-0.15, -0.1) is 0 Å². The minimum atomic E-state index is -0.440. The minimum absolute atomic E-state index is 0.103. The van der Waals surface area contributed by atoms with E-state index in [0.29, 0.717) is 30.9 Å². The summed E-state index contributed by atoms with van der Waals surface area (Å²) in [6, 6.07) is 1.09. The highest BCUT2D eigenvalue weighted by atomic mass is 16.5. The van der Waals surface area contributed by atoms with Crippen LogP contribution in [-0.4, -0.2) is 56.8 Å². The molecule has 2 heterocycles. The van der Waals surface area contributed by atoms with Gasteiger partial charge in [0, 0.05) is 5.69 Å². The van der Waals surface area contributed by atoms with Crippen LogP contribution in [0.3, 0.4) is 0 Å². The first-order chi connectivity index (χ1) is 16.2. The lowest BCUT2D eigenvalue weighted by Crippen LogP contribution is -2.07. The molecule has 2 aliphatic rings. The summed E-state index contributed by atoms with van der Waals surface area (Å²) in [5.41, 5.74) is 3.24. The summed E-state index contributed by atoms with van der Waals surface area (Å²) in [4.78, 5) is 42.5. The van der Waals surface area contributed by atoms with E-state index in [1.54, 1.807) is 26.2 Å². The standard InChI is InChI=1S/C10H14N2O2.C8H10N2O.C6H10O3/c1-3-14-10(13)9-6-11-12(7(9)2)8-4-5-8;1-6-7(5-11)4-9-10(6)8-2-3-8;1-3-9-6(8)4-5(2)7/h6,8H,3-5H2,1-2H3;4-5,8H,2-3H2,1H3;3-4H2,1-2H3. The predicted molar refractivity (Wildman–Crippen MR) is 124 cm³/mol. The van der Waals surface area contributed by atoms with Gasteiger partial charge in [-0.3, -0.25) is 23.7 Å². The Morgan fingerprint density at radius 3 is 1.91 bits per heavy atom. The molecule has 0 unspecified atom stereocenters. The van der Waals surface area contributed by atoms with Crippen molar-refractivity contribution in [3.8, 4) is 0 Å². The number of carbonyl (C=O) groups is 4. The number of Topliss-reactive ketones (excluding diaryl/α,β-unsaturated/α-hetero) is 1. The third-order valence-electron chi connectivity index (χ3n) is 5.23. The predicted octanol–water partition coefficient (Wildman–Crippen LogP) is 3.57. The Hall–Kier alpha value is -3.30. The van der Waals surface area contributed by atoms with Crippen molar-refractivity contribution in [3.63, 3.8) is 0 Å². The van der Waals surface area contributed by atoms with E-state index in [0.717, 1.165) is 23.2 Å². The van der Waals surface area contributed by atoms with E-state index < -0.39 is 5.97 Å². The van der Waals surface area contributed by atoms with Gasteiger partial charge in [0.1, 0.15) is 17.8 Å². The summed E-state index contributed by atoms with van der Waals surface area (Å²) in [5.74, 6) is -0.865. The zero-order valence-electron chi connectivity index (χ0n) is 20.6. The number of carbonyl (C=O) groups excluding carboxylic acids is 4. The molecule has 0 bridgehead atoms. The SMILES string of the molecule is CCOC(=O)CC(C)=O.CCOC(=O)c1cnn(C2CC2)c1C.Cc1c(C=O)cnn1C1CC1. The van der Waals surface area contributed by atoms with Crippen molar-refractivity contribution in [3.05, 3.63) is 34.9 Å². The van der Waals surface area contributed by atoms with E-state index >= 15 is 0 Å². The van der Waals surface area contributed by atoms with Crippen LogP contribution in [0.2, 0.25) is 0 Å². The van der Waals surface area contributed by atoms with E-state index in [1.807, 2.05) is 23.2 Å². The van der Waals surface area contributed by atoms with Gasteiger partial charge in [-0.1, -0.05) is 0 Å². The molecular formula is C24H34N4O6. The molecule has 0 radical (unpaired) electrons. The van der Waals surface area contributed by atoms with E-state index in [1.165, 1.54) is 32.6 Å². The van der Waals surface area contributed by atoms with E-state index in [4.69, 9.17) is 4.74 Å². The maximum Gasteiger partial charge on any atom is 0.341 e. The van der Waals surface area contributed by atoms with Crippen LogP contribution < -0.4 is 0 Å². The average molecular weight is 475 g/mol. The summed E-state index contributed by atoms with van der Waals surface area (Å²) in [6.45, 7) is 9.47. The number of aromatic nitrogens is 4. The number of ether oxygens (including phenoxy) is 2. The number of esters is 2. The number of hydrogen-bond donors (Lipinski definition) is 0. The van der Waals surface area contributed by atoms with Crippen molar-refractivity contribution >= 4 is 24.0 Å². The van der Waals surface area contributed by atoms with Crippen LogP contribution in [-0.2, 0) is 19.1 Å². The van der Waals surface area contributed by atoms with Gasteiger partial charge >= 0.3 is 11.9 Å². The maximum absolute atomic E-state index is 11.4. The Kier molecular flexibility index (Phi) is 10.2. The molecule has 2 fully saturated rings. The quantitative estimate of drug-likeness (QED) is 0.323. The number of nitrogens with zero attached hydrogens (tertiary/aromatic N) is 4. The van der Waals surface area contributed by atoms with Crippen molar-refractivity contribution < 1.29 is 28.7 Å². The lowest BCUT2D eigenvalue weighted by atomic mass is 10.2. The summed E-state index contributed by atoms with van der Waals surface area (Å²) >= 11 is 0. The summed E-state index contributed by atoms with van der Waals surface area (Å²) in [5, 5.41) is 8.33. The lowest BCUT2D eigenvalue weighted by molar-refractivity contribution is -0.145. The van der Waals surface area contributed by atoms with Crippen molar-refractivity contribution in [1.29, 1.82) is 0 Å². The first kappa shape index (κ1) is 26.9. The molecule has 10 nitrogen and oxygen atoms in total. The monoisotopic (exact) mass is 474 g/mol. The molecule has 186 valence electrons. The summed E-state index contributed by atoms with van der Waals surface area (Å²) in [6.07, 6.45) is 8.76. The highest BCUT2D eigenvalue weighted by Gasteiger charge is 2.28. The van der Waals surface area contributed by atoms with Crippen LogP contribution >= 0.6 is 0 Å². The molecule has 0 aromatic carbocycles. The molecule has 2 aromatic heterocycles. The van der Waals surface area contributed by atoms with Crippen molar-refractivity contribution in [2.45, 2.75) is 78.8 Å². The van der Waals surface area contributed by atoms with E-state index in [-0.39, 0.29) is 18.2 Å². The molecule has 2 saturated carbocycles. The third kappa shape index (κ3) is 7.93. The van der Waals surface area contributed by atoms with Crippen LogP contribution in [0.4, 0.5) is 0 Å². The zero-order chi connectivity index (χ0) is 25.3. The molecule has 0 spiro atoms. The zero-order valence-corrected chi connectivity index (χ0v) is 20.6. The smallest absolute Gasteiger partial charge is 0.341 e. The van der Waals surface area contributed by atoms with Gasteiger partial charge in [0.15, 0.2) is 6.29 Å². The van der Waals surface area contributed by atoms with Gasteiger partial charge in [0.2, 0.25) is 0 Å². The maximum atomic E-state index is 11.4. The molecule has 10 heteroatoms. The number of aldehydes is 1. The Bertz CT molecular complexity index is 1000. The van der Waals surface area contributed by atoms with Crippen LogP contribution in [0.1, 0.15) is 97.1 Å². The second-order valence-corrected chi connectivity index (χ2v) is 8.20. The van der Waals surface area contributed by atoms with Crippen molar-refractivity contribution in [2.75, 3.05) is 13.2 Å². The molecule has 0 atom stereocenters. The van der Waals surface area contributed by atoms with Gasteiger partial charge in [-0.25, -0.2) is 4.79 Å². The molecular weight excluding hydrogens is 440 g/mol. The Morgan fingerprint density at radius 1 is 0.941 bits per heavy atom. The van der Waals surface area contributed by atoms with Crippen molar-refractivity contribution in [2.24, 2.45) is 0 Å². The summed E-state index contributed by atoms with van der Waals surface area (Å²) < 4.78 is 13.3. The van der Waals surface area contributed by atoms with Crippen molar-refractivity contribution in [1.82, 2.24) is 19.6 Å². The van der Waals surface area contributed by atoms with Crippen LogP contribution in [0.15, 0.2) is 12.4 Å². The van der Waals surface area contributed by atoms with E-state index in [9.17, 15) is 19.2 Å². The number of hydrogen-bond acceptors (Lipinski definition) is 8. The molecule has 2 aliphatic carbocycles. The molecule has 0 N–H and O–H groups in total. The topological polar surface area (TPSA) is 122 Å². The first-order valence-electron chi connectivity index (χ1n) is 11.6. The average Bonchev–Trinajstić information content (AvgIpc) is 3.71. The molecule has 2 aromatic rings. The Balaban J connectivity index is 0.000000186. The molecule has 0 aliphatic heterocycles. The third-order valence-corrected chi connectivity index (χ3v) is 5.23. The normalized spacial score (nSPS) is 14.1. The first-order valence-corrected chi connectivity index (χ1v) is 11.6. The van der Waals surface area contributed by atoms with Gasteiger partial charge in [-0.05, 0) is 60.3 Å². The molecule has 0 amide bonds. The molecule has 4 rings (SSSR count). The van der Waals surface area contributed by atoms with Gasteiger partial charge < -0.3 is 9.47 Å². The summed E-state index contributed by atoms with van der Waals surface area (Å²) in [7, 11) is 0. The lowest BCUT2D eigenvalue weighted by Gasteiger charge is -2.02. The fourth-order valence-corrected chi connectivity index (χ4v) is 3.17. The van der Waals surface area contributed by atoms with Crippen LogP contribution in [0.25, 0.3) is 0 Å². The molecule has 34 heavy (non-hydrogen) atoms. The largest absolute Gasteiger partial charge is 0.466 e. The number of ketones is 1. The van der Waals surface area contributed by atoms with E-state index in [2.05, 4.69) is 14.9 Å². The minimum Gasteiger partial charge on any atom is -0.466 e.